The first-order chi connectivity index (χ1) is 11.1. The molecule has 0 bridgehead atoms. The van der Waals surface area contributed by atoms with Gasteiger partial charge in [-0.15, -0.1) is 0 Å². The lowest BCUT2D eigenvalue weighted by Crippen LogP contribution is -2.43. The molecule has 122 valence electrons. The number of carbonyl (C=O) groups excluding carboxylic acids is 1. The van der Waals surface area contributed by atoms with Crippen LogP contribution in [-0.2, 0) is 4.79 Å². The second kappa shape index (κ2) is 7.25. The van der Waals surface area contributed by atoms with Crippen molar-refractivity contribution in [1.29, 1.82) is 0 Å². The SMILES string of the molecule is C[C@H]1CCCC[C@H]1NC(=O)COc1ncnc2ccc(Br)cc12. The number of hydrogen-bond donors (Lipinski definition) is 1. The molecule has 0 saturated heterocycles. The molecule has 1 heterocycles. The average molecular weight is 378 g/mol. The Morgan fingerprint density at radius 3 is 3.00 bits per heavy atom. The smallest absolute Gasteiger partial charge is 0.258 e. The lowest BCUT2D eigenvalue weighted by molar-refractivity contribution is -0.124. The fourth-order valence-corrected chi connectivity index (χ4v) is 3.39. The highest BCUT2D eigenvalue weighted by Crippen LogP contribution is 2.25. The molecule has 6 heteroatoms. The van der Waals surface area contributed by atoms with Crippen LogP contribution in [0.1, 0.15) is 32.6 Å². The van der Waals surface area contributed by atoms with E-state index < -0.39 is 0 Å². The van der Waals surface area contributed by atoms with Gasteiger partial charge in [0.05, 0.1) is 10.9 Å². The number of rotatable bonds is 4. The molecule has 1 fully saturated rings. The van der Waals surface area contributed by atoms with E-state index >= 15 is 0 Å². The molecule has 0 spiro atoms. The van der Waals surface area contributed by atoms with E-state index in [1.165, 1.54) is 25.6 Å². The van der Waals surface area contributed by atoms with Gasteiger partial charge in [0.1, 0.15) is 6.33 Å². The summed E-state index contributed by atoms with van der Waals surface area (Å²) in [4.78, 5) is 20.5. The third kappa shape index (κ3) is 3.99. The zero-order valence-electron chi connectivity index (χ0n) is 13.1. The van der Waals surface area contributed by atoms with Gasteiger partial charge in [-0.25, -0.2) is 9.97 Å². The summed E-state index contributed by atoms with van der Waals surface area (Å²) < 4.78 is 6.55. The van der Waals surface area contributed by atoms with E-state index in [4.69, 9.17) is 4.74 Å². The molecule has 1 aliphatic rings. The van der Waals surface area contributed by atoms with Crippen molar-refractivity contribution in [2.75, 3.05) is 6.61 Å². The average Bonchev–Trinajstić information content (AvgIpc) is 2.55. The molecule has 5 nitrogen and oxygen atoms in total. The van der Waals surface area contributed by atoms with Crippen molar-refractivity contribution in [1.82, 2.24) is 15.3 Å². The molecule has 0 aliphatic heterocycles. The first kappa shape index (κ1) is 16.2. The van der Waals surface area contributed by atoms with Crippen molar-refractivity contribution in [2.24, 2.45) is 5.92 Å². The van der Waals surface area contributed by atoms with Crippen molar-refractivity contribution in [3.05, 3.63) is 29.0 Å². The lowest BCUT2D eigenvalue weighted by Gasteiger charge is -2.29. The van der Waals surface area contributed by atoms with E-state index in [1.54, 1.807) is 0 Å². The molecule has 2 aromatic rings. The quantitative estimate of drug-likeness (QED) is 0.885. The fraction of sp³-hybridized carbons (Fsp3) is 0.471. The number of aromatic nitrogens is 2. The number of benzene rings is 1. The van der Waals surface area contributed by atoms with E-state index in [9.17, 15) is 4.79 Å². The molecule has 1 aromatic heterocycles. The Kier molecular flexibility index (Phi) is 5.10. The number of fused-ring (bicyclic) bond motifs is 1. The predicted octanol–water partition coefficient (Wildman–Crippen LogP) is 3.47. The van der Waals surface area contributed by atoms with Crippen molar-refractivity contribution in [2.45, 2.75) is 38.6 Å². The summed E-state index contributed by atoms with van der Waals surface area (Å²) in [5, 5.41) is 3.87. The molecule has 1 aliphatic carbocycles. The van der Waals surface area contributed by atoms with Gasteiger partial charge in [0.25, 0.3) is 5.91 Å². The topological polar surface area (TPSA) is 64.1 Å². The second-order valence-electron chi connectivity index (χ2n) is 6.06. The maximum atomic E-state index is 12.1. The Balaban J connectivity index is 1.64. The minimum absolute atomic E-state index is 0.0259. The van der Waals surface area contributed by atoms with Crippen molar-refractivity contribution < 1.29 is 9.53 Å². The van der Waals surface area contributed by atoms with E-state index in [0.717, 1.165) is 21.8 Å². The van der Waals surface area contributed by atoms with Gasteiger partial charge in [-0.2, -0.15) is 0 Å². The summed E-state index contributed by atoms with van der Waals surface area (Å²) in [6.07, 6.45) is 6.12. The number of nitrogens with zero attached hydrogens (tertiary/aromatic N) is 2. The molecule has 0 radical (unpaired) electrons. The largest absolute Gasteiger partial charge is 0.467 e. The van der Waals surface area contributed by atoms with Crippen molar-refractivity contribution in [3.63, 3.8) is 0 Å². The highest BCUT2D eigenvalue weighted by atomic mass is 79.9. The Labute approximate surface area is 144 Å². The molecule has 2 atom stereocenters. The molecule has 0 unspecified atom stereocenters. The van der Waals surface area contributed by atoms with Crippen LogP contribution in [0, 0.1) is 5.92 Å². The summed E-state index contributed by atoms with van der Waals surface area (Å²) in [5.74, 6) is 0.872. The van der Waals surface area contributed by atoms with Gasteiger partial charge in [0, 0.05) is 10.5 Å². The maximum absolute atomic E-state index is 12.1. The van der Waals surface area contributed by atoms with Crippen LogP contribution in [0.15, 0.2) is 29.0 Å². The van der Waals surface area contributed by atoms with Gasteiger partial charge in [-0.05, 0) is 37.0 Å². The Morgan fingerprint density at radius 2 is 2.17 bits per heavy atom. The monoisotopic (exact) mass is 377 g/mol. The number of hydrogen-bond acceptors (Lipinski definition) is 4. The van der Waals surface area contributed by atoms with Crippen LogP contribution in [0.2, 0.25) is 0 Å². The van der Waals surface area contributed by atoms with E-state index in [0.29, 0.717) is 11.8 Å². The molecular weight excluding hydrogens is 358 g/mol. The van der Waals surface area contributed by atoms with Gasteiger partial charge < -0.3 is 10.1 Å². The molecule has 23 heavy (non-hydrogen) atoms. The molecule has 1 aromatic carbocycles. The van der Waals surface area contributed by atoms with Crippen LogP contribution >= 0.6 is 15.9 Å². The molecule has 1 saturated carbocycles. The lowest BCUT2D eigenvalue weighted by atomic mass is 9.86. The number of halogens is 1. The van der Waals surface area contributed by atoms with Crippen LogP contribution in [0.4, 0.5) is 0 Å². The van der Waals surface area contributed by atoms with Crippen molar-refractivity contribution in [3.8, 4) is 5.88 Å². The number of nitrogens with one attached hydrogen (secondary N) is 1. The van der Waals surface area contributed by atoms with E-state index in [2.05, 4.69) is 38.1 Å². The maximum Gasteiger partial charge on any atom is 0.258 e. The van der Waals surface area contributed by atoms with Crippen molar-refractivity contribution >= 4 is 32.7 Å². The van der Waals surface area contributed by atoms with Crippen LogP contribution in [0.25, 0.3) is 10.9 Å². The summed E-state index contributed by atoms with van der Waals surface area (Å²) in [6.45, 7) is 2.17. The fourth-order valence-electron chi connectivity index (χ4n) is 3.03. The van der Waals surface area contributed by atoms with Crippen LogP contribution < -0.4 is 10.1 Å². The summed E-state index contributed by atoms with van der Waals surface area (Å²) in [7, 11) is 0. The molecule has 3 rings (SSSR count). The summed E-state index contributed by atoms with van der Waals surface area (Å²) in [6, 6.07) is 5.95. The molecular formula is C17H20BrN3O2. The molecule has 1 amide bonds. The summed E-state index contributed by atoms with van der Waals surface area (Å²) in [5.41, 5.74) is 0.791. The Morgan fingerprint density at radius 1 is 1.35 bits per heavy atom. The standard InChI is InChI=1S/C17H20BrN3O2/c1-11-4-2-3-5-14(11)21-16(22)9-23-17-13-8-12(18)6-7-15(13)19-10-20-17/h6-8,10-11,14H,2-5,9H2,1H3,(H,21,22)/t11-,14+/m0/s1. The first-order valence-electron chi connectivity index (χ1n) is 7.96. The zero-order chi connectivity index (χ0) is 16.2. The Bertz CT molecular complexity index is 707. The predicted molar refractivity (Wildman–Crippen MR) is 92.3 cm³/mol. The van der Waals surface area contributed by atoms with Crippen LogP contribution in [0.5, 0.6) is 5.88 Å². The highest BCUT2D eigenvalue weighted by molar-refractivity contribution is 9.10. The van der Waals surface area contributed by atoms with Crippen LogP contribution in [-0.4, -0.2) is 28.5 Å². The van der Waals surface area contributed by atoms with E-state index in [1.807, 2.05) is 18.2 Å². The third-order valence-corrected chi connectivity index (χ3v) is 4.85. The highest BCUT2D eigenvalue weighted by Gasteiger charge is 2.23. The van der Waals surface area contributed by atoms with Gasteiger partial charge in [-0.3, -0.25) is 4.79 Å². The van der Waals surface area contributed by atoms with E-state index in [-0.39, 0.29) is 18.6 Å². The normalized spacial score (nSPS) is 21.1. The first-order valence-corrected chi connectivity index (χ1v) is 8.75. The van der Waals surface area contributed by atoms with Gasteiger partial charge >= 0.3 is 0 Å². The zero-order valence-corrected chi connectivity index (χ0v) is 14.7. The second-order valence-corrected chi connectivity index (χ2v) is 6.98. The van der Waals surface area contributed by atoms with Crippen LogP contribution in [0.3, 0.4) is 0 Å². The third-order valence-electron chi connectivity index (χ3n) is 4.36. The van der Waals surface area contributed by atoms with Gasteiger partial charge in [0.2, 0.25) is 5.88 Å². The van der Waals surface area contributed by atoms with Gasteiger partial charge in [0.15, 0.2) is 6.61 Å². The molecule has 1 N–H and O–H groups in total. The minimum atomic E-state index is -0.0921. The van der Waals surface area contributed by atoms with Gasteiger partial charge in [-0.1, -0.05) is 35.7 Å². The number of amides is 1. The number of carbonyl (C=O) groups is 1. The minimum Gasteiger partial charge on any atom is -0.467 e. The summed E-state index contributed by atoms with van der Waals surface area (Å²) >= 11 is 3.43. The Hall–Kier alpha value is -1.69. The number of ether oxygens (including phenoxy) is 1.